The highest BCUT2D eigenvalue weighted by Gasteiger charge is 2.27. The molecule has 1 unspecified atom stereocenters. The molecule has 0 fully saturated rings. The molecule has 2 nitrogen and oxygen atoms in total. The van der Waals surface area contributed by atoms with Crippen molar-refractivity contribution in [3.05, 3.63) is 0 Å². The van der Waals surface area contributed by atoms with E-state index in [9.17, 15) is 8.78 Å². The third-order valence-corrected chi connectivity index (χ3v) is 1.00. The van der Waals surface area contributed by atoms with Crippen LogP contribution >= 0.6 is 15.9 Å². The van der Waals surface area contributed by atoms with Crippen LogP contribution in [0.15, 0.2) is 0 Å². The van der Waals surface area contributed by atoms with Gasteiger partial charge in [0.2, 0.25) is 0 Å². The van der Waals surface area contributed by atoms with E-state index in [0.29, 0.717) is 0 Å². The maximum absolute atomic E-state index is 11.8. The molecular formula is C4H7BrF2O2. The zero-order valence-corrected chi connectivity index (χ0v) is 6.11. The normalized spacial score (nSPS) is 15.7. The first-order valence-electron chi connectivity index (χ1n) is 2.31. The third-order valence-electron chi connectivity index (χ3n) is 0.678. The van der Waals surface area contributed by atoms with E-state index < -0.39 is 24.0 Å². The van der Waals surface area contributed by atoms with Crippen molar-refractivity contribution in [1.82, 2.24) is 0 Å². The minimum Gasteiger partial charge on any atom is -0.394 e. The zero-order valence-electron chi connectivity index (χ0n) is 4.52. The Morgan fingerprint density at radius 3 is 2.11 bits per heavy atom. The molecule has 0 aromatic carbocycles. The van der Waals surface area contributed by atoms with Gasteiger partial charge in [-0.25, -0.2) is 0 Å². The first kappa shape index (κ1) is 9.26. The molecule has 0 heterocycles. The summed E-state index contributed by atoms with van der Waals surface area (Å²) >= 11 is 2.02. The average Bonchev–Trinajstić information content (AvgIpc) is 1.62. The summed E-state index contributed by atoms with van der Waals surface area (Å²) in [6, 6.07) is 0. The van der Waals surface area contributed by atoms with Crippen LogP contribution in [0.25, 0.3) is 0 Å². The molecule has 0 aromatic rings. The maximum Gasteiger partial charge on any atom is 0.304 e. The van der Waals surface area contributed by atoms with Gasteiger partial charge in [-0.1, -0.05) is 0 Å². The quantitative estimate of drug-likeness (QED) is 0.666. The molecule has 0 aliphatic rings. The predicted octanol–water partition coefficient (Wildman–Crippen LogP) is 0.717. The Morgan fingerprint density at radius 2 is 2.00 bits per heavy atom. The molecule has 0 bridgehead atoms. The van der Waals surface area contributed by atoms with Gasteiger partial charge in [-0.15, -0.1) is 0 Å². The molecule has 0 amide bonds. The van der Waals surface area contributed by atoms with E-state index in [1.807, 2.05) is 15.9 Å². The van der Waals surface area contributed by atoms with Crippen molar-refractivity contribution >= 4 is 15.9 Å². The maximum atomic E-state index is 11.8. The summed E-state index contributed by atoms with van der Waals surface area (Å²) in [7, 11) is 0. The fourth-order valence-electron chi connectivity index (χ4n) is 0.332. The number of hydrogen-bond acceptors (Lipinski definition) is 2. The molecular weight excluding hydrogens is 198 g/mol. The molecule has 0 aromatic heterocycles. The van der Waals surface area contributed by atoms with Gasteiger partial charge in [-0.05, 0) is 15.9 Å². The van der Waals surface area contributed by atoms with Gasteiger partial charge in [0.25, 0.3) is 0 Å². The summed E-state index contributed by atoms with van der Waals surface area (Å²) < 4.78 is 23.6. The van der Waals surface area contributed by atoms with Crippen molar-refractivity contribution in [2.75, 3.05) is 6.61 Å². The van der Waals surface area contributed by atoms with Crippen molar-refractivity contribution in [3.8, 4) is 0 Å². The molecule has 0 spiro atoms. The van der Waals surface area contributed by atoms with Crippen LogP contribution in [0, 0.1) is 0 Å². The standard InChI is InChI=1S/C4H7BrF2O2/c5-4(6,7)1-3(9)2-8/h3,8-9H,1-2H2. The summed E-state index contributed by atoms with van der Waals surface area (Å²) in [6.07, 6.45) is -2.11. The summed E-state index contributed by atoms with van der Waals surface area (Å²) in [5, 5.41) is 16.5. The fraction of sp³-hybridized carbons (Fsp3) is 1.00. The Labute approximate surface area is 59.6 Å². The smallest absolute Gasteiger partial charge is 0.304 e. The number of aliphatic hydroxyl groups is 2. The van der Waals surface area contributed by atoms with Gasteiger partial charge in [-0.2, -0.15) is 8.78 Å². The van der Waals surface area contributed by atoms with Crippen LogP contribution in [0.5, 0.6) is 0 Å². The molecule has 0 rings (SSSR count). The minimum absolute atomic E-state index is 0.638. The van der Waals surface area contributed by atoms with Crippen LogP contribution in [0.4, 0.5) is 8.78 Å². The van der Waals surface area contributed by atoms with Gasteiger partial charge in [0.05, 0.1) is 19.1 Å². The highest BCUT2D eigenvalue weighted by Crippen LogP contribution is 2.26. The SMILES string of the molecule is OCC(O)CC(F)(F)Br. The largest absolute Gasteiger partial charge is 0.394 e. The number of hydrogen-bond donors (Lipinski definition) is 2. The zero-order chi connectivity index (χ0) is 7.49. The lowest BCUT2D eigenvalue weighted by atomic mass is 10.3. The molecule has 0 radical (unpaired) electrons. The van der Waals surface area contributed by atoms with E-state index in [1.165, 1.54) is 0 Å². The van der Waals surface area contributed by atoms with Crippen molar-refractivity contribution in [2.45, 2.75) is 17.4 Å². The number of aliphatic hydroxyl groups excluding tert-OH is 2. The van der Waals surface area contributed by atoms with Gasteiger partial charge in [0, 0.05) is 0 Å². The van der Waals surface area contributed by atoms with Crippen LogP contribution in [-0.2, 0) is 0 Å². The van der Waals surface area contributed by atoms with E-state index in [2.05, 4.69) is 0 Å². The van der Waals surface area contributed by atoms with Gasteiger partial charge in [0.15, 0.2) is 0 Å². The van der Waals surface area contributed by atoms with Crippen LogP contribution < -0.4 is 0 Å². The van der Waals surface area contributed by atoms with Crippen molar-refractivity contribution < 1.29 is 19.0 Å². The van der Waals surface area contributed by atoms with Gasteiger partial charge in [-0.3, -0.25) is 0 Å². The van der Waals surface area contributed by atoms with Crippen LogP contribution in [0.2, 0.25) is 0 Å². The van der Waals surface area contributed by atoms with Gasteiger partial charge in [0.1, 0.15) is 0 Å². The number of halogens is 3. The van der Waals surface area contributed by atoms with Crippen LogP contribution in [0.1, 0.15) is 6.42 Å². The molecule has 0 saturated heterocycles. The Kier molecular flexibility index (Phi) is 3.53. The fourth-order valence-corrected chi connectivity index (χ4v) is 0.705. The molecule has 1 atom stereocenters. The Bertz CT molecular complexity index is 83.1. The molecule has 2 N–H and O–H groups in total. The Hall–Kier alpha value is 0.260. The number of alkyl halides is 3. The van der Waals surface area contributed by atoms with Gasteiger partial charge < -0.3 is 10.2 Å². The first-order chi connectivity index (χ1) is 3.95. The molecule has 0 saturated carbocycles. The Morgan fingerprint density at radius 1 is 1.56 bits per heavy atom. The Balaban J connectivity index is 3.47. The van der Waals surface area contributed by atoms with E-state index in [-0.39, 0.29) is 0 Å². The second-order valence-corrected chi connectivity index (χ2v) is 2.82. The van der Waals surface area contributed by atoms with E-state index in [4.69, 9.17) is 10.2 Å². The monoisotopic (exact) mass is 204 g/mol. The lowest BCUT2D eigenvalue weighted by Crippen LogP contribution is -2.20. The second-order valence-electron chi connectivity index (χ2n) is 1.66. The van der Waals surface area contributed by atoms with E-state index in [0.717, 1.165) is 0 Å². The molecule has 56 valence electrons. The topological polar surface area (TPSA) is 40.5 Å². The lowest BCUT2D eigenvalue weighted by molar-refractivity contribution is 0.0132. The summed E-state index contributed by atoms with van der Waals surface area (Å²) in [5.74, 6) is 0. The lowest BCUT2D eigenvalue weighted by Gasteiger charge is -2.10. The van der Waals surface area contributed by atoms with E-state index in [1.54, 1.807) is 0 Å². The summed E-state index contributed by atoms with van der Waals surface area (Å²) in [4.78, 5) is -3.07. The van der Waals surface area contributed by atoms with Crippen molar-refractivity contribution in [2.24, 2.45) is 0 Å². The molecule has 9 heavy (non-hydrogen) atoms. The van der Waals surface area contributed by atoms with E-state index >= 15 is 0 Å². The highest BCUT2D eigenvalue weighted by molar-refractivity contribution is 9.09. The first-order valence-corrected chi connectivity index (χ1v) is 3.10. The summed E-state index contributed by atoms with van der Waals surface area (Å²) in [6.45, 7) is -0.638. The average molecular weight is 205 g/mol. The van der Waals surface area contributed by atoms with Crippen molar-refractivity contribution in [3.63, 3.8) is 0 Å². The van der Waals surface area contributed by atoms with Gasteiger partial charge >= 0.3 is 4.83 Å². The van der Waals surface area contributed by atoms with Crippen LogP contribution in [-0.4, -0.2) is 27.8 Å². The van der Waals surface area contributed by atoms with Crippen LogP contribution in [0.3, 0.4) is 0 Å². The predicted molar refractivity (Wildman–Crippen MR) is 31.6 cm³/mol. The summed E-state index contributed by atoms with van der Waals surface area (Å²) in [5.41, 5.74) is 0. The second kappa shape index (κ2) is 3.43. The van der Waals surface area contributed by atoms with Crippen molar-refractivity contribution in [1.29, 1.82) is 0 Å². The molecule has 0 aliphatic heterocycles. The highest BCUT2D eigenvalue weighted by atomic mass is 79.9. The number of rotatable bonds is 3. The minimum atomic E-state index is -3.07. The third kappa shape index (κ3) is 6.14. The molecule has 5 heteroatoms. The molecule has 0 aliphatic carbocycles.